The summed E-state index contributed by atoms with van der Waals surface area (Å²) in [6, 6.07) is 0. The number of hydrogen-bond donors (Lipinski definition) is 0. The fraction of sp³-hybridized carbons (Fsp3) is 0.500. The Morgan fingerprint density at radius 3 is 3.38 bits per heavy atom. The third-order valence-electron chi connectivity index (χ3n) is 0.666. The van der Waals surface area contributed by atoms with E-state index in [2.05, 4.69) is 11.3 Å². The largest absolute Gasteiger partial charge is 0.469 e. The Morgan fingerprint density at radius 2 is 2.88 bits per heavy atom. The fourth-order valence-electron chi connectivity index (χ4n) is 0.271. The van der Waals surface area contributed by atoms with E-state index in [0.717, 1.165) is 0 Å². The first-order valence-electron chi connectivity index (χ1n) is 3.78. The maximum atomic E-state index is 10.6. The minimum absolute atomic E-state index is 0.0713. The van der Waals surface area contributed by atoms with Gasteiger partial charge in [-0.05, 0) is 6.42 Å². The quantitative estimate of drug-likeness (QED) is 0.409. The van der Waals surface area contributed by atoms with E-state index < -0.39 is 13.0 Å². The Hall–Kier alpha value is -0.790. The summed E-state index contributed by atoms with van der Waals surface area (Å²) in [6.07, 6.45) is 2.04. The van der Waals surface area contributed by atoms with Crippen LogP contribution in [0.3, 0.4) is 0 Å². The molecule has 0 N–H and O–H groups in total. The maximum absolute atomic E-state index is 10.6. The molecule has 0 saturated heterocycles. The molecule has 0 aromatic rings. The standard InChI is InChI=1S/C6H10O2/c1-3-4-5-6(7)8-2/h3H,1,4-5H2,2H3/i2D3. The molecule has 8 heavy (non-hydrogen) atoms. The lowest BCUT2D eigenvalue weighted by Crippen LogP contribution is -1.97. The average molecular weight is 117 g/mol. The van der Waals surface area contributed by atoms with E-state index >= 15 is 0 Å². The molecule has 0 aromatic carbocycles. The van der Waals surface area contributed by atoms with Crippen LogP contribution in [0.2, 0.25) is 0 Å². The minimum atomic E-state index is -2.61. The highest BCUT2D eigenvalue weighted by Gasteiger charge is 1.93. The number of carbonyl (C=O) groups excluding carboxylic acids is 1. The molecule has 0 unspecified atom stereocenters. The van der Waals surface area contributed by atoms with Gasteiger partial charge in [0.15, 0.2) is 0 Å². The van der Waals surface area contributed by atoms with Gasteiger partial charge in [-0.2, -0.15) is 0 Å². The van der Waals surface area contributed by atoms with Crippen LogP contribution >= 0.6 is 0 Å². The molecule has 46 valence electrons. The number of carbonyl (C=O) groups is 1. The highest BCUT2D eigenvalue weighted by Crippen LogP contribution is 1.89. The first-order valence-corrected chi connectivity index (χ1v) is 2.28. The van der Waals surface area contributed by atoms with Crippen LogP contribution < -0.4 is 0 Å². The molecule has 0 bridgehead atoms. The van der Waals surface area contributed by atoms with Crippen molar-refractivity contribution in [2.75, 3.05) is 7.04 Å². The Kier molecular flexibility index (Phi) is 1.79. The molecule has 0 rings (SSSR count). The number of rotatable bonds is 3. The second-order valence-electron chi connectivity index (χ2n) is 1.30. The molecular weight excluding hydrogens is 104 g/mol. The number of methoxy groups -OCH3 is 1. The molecule has 2 nitrogen and oxygen atoms in total. The molecule has 0 amide bonds. The van der Waals surface area contributed by atoms with E-state index in [4.69, 9.17) is 4.11 Å². The summed E-state index contributed by atoms with van der Waals surface area (Å²) in [5, 5.41) is 0. The lowest BCUT2D eigenvalue weighted by Gasteiger charge is -1.91. The number of hydrogen-bond acceptors (Lipinski definition) is 2. The number of esters is 1. The Bertz CT molecular complexity index is 150. The van der Waals surface area contributed by atoms with Crippen LogP contribution in [0.4, 0.5) is 0 Å². The normalized spacial score (nSPS) is 15.2. The minimum Gasteiger partial charge on any atom is -0.469 e. The Morgan fingerprint density at radius 1 is 2.12 bits per heavy atom. The summed E-state index contributed by atoms with van der Waals surface area (Å²) in [7, 11) is -2.61. The van der Waals surface area contributed by atoms with E-state index in [1.165, 1.54) is 6.08 Å². The van der Waals surface area contributed by atoms with Crippen LogP contribution in [0.15, 0.2) is 12.7 Å². The third-order valence-corrected chi connectivity index (χ3v) is 0.666. The van der Waals surface area contributed by atoms with Crippen molar-refractivity contribution in [3.8, 4) is 0 Å². The van der Waals surface area contributed by atoms with Crippen LogP contribution in [0.1, 0.15) is 17.0 Å². The van der Waals surface area contributed by atoms with E-state index in [9.17, 15) is 4.79 Å². The average Bonchev–Trinajstić information content (AvgIpc) is 1.79. The fourth-order valence-corrected chi connectivity index (χ4v) is 0.271. The Labute approximate surface area is 53.4 Å². The number of allylic oxidation sites excluding steroid dienone is 1. The van der Waals surface area contributed by atoms with Gasteiger partial charge in [0.1, 0.15) is 0 Å². The number of ether oxygens (including phenoxy) is 1. The third kappa shape index (κ3) is 3.40. The van der Waals surface area contributed by atoms with Crippen LogP contribution in [-0.2, 0) is 9.53 Å². The molecule has 0 saturated carbocycles. The highest BCUT2D eigenvalue weighted by atomic mass is 16.5. The molecule has 2 heteroatoms. The van der Waals surface area contributed by atoms with E-state index in [1.54, 1.807) is 0 Å². The predicted octanol–water partition coefficient (Wildman–Crippen LogP) is 1.13. The second-order valence-corrected chi connectivity index (χ2v) is 1.30. The van der Waals surface area contributed by atoms with E-state index in [-0.39, 0.29) is 6.42 Å². The molecule has 0 aliphatic heterocycles. The van der Waals surface area contributed by atoms with Crippen molar-refractivity contribution in [3.05, 3.63) is 12.7 Å². The van der Waals surface area contributed by atoms with Crippen molar-refractivity contribution in [3.63, 3.8) is 0 Å². The van der Waals surface area contributed by atoms with Crippen LogP contribution in [-0.4, -0.2) is 13.0 Å². The zero-order valence-corrected chi connectivity index (χ0v) is 4.52. The first kappa shape index (κ1) is 3.28. The van der Waals surface area contributed by atoms with Crippen molar-refractivity contribution in [2.24, 2.45) is 0 Å². The summed E-state index contributed by atoms with van der Waals surface area (Å²) in [6.45, 7) is 3.38. The summed E-state index contributed by atoms with van der Waals surface area (Å²) < 4.78 is 23.7. The highest BCUT2D eigenvalue weighted by molar-refractivity contribution is 5.69. The zero-order chi connectivity index (χ0) is 8.91. The summed E-state index contributed by atoms with van der Waals surface area (Å²) >= 11 is 0. The summed E-state index contributed by atoms with van der Waals surface area (Å²) in [5.74, 6) is -0.718. The van der Waals surface area contributed by atoms with Crippen LogP contribution in [0.25, 0.3) is 0 Å². The molecule has 0 spiro atoms. The van der Waals surface area contributed by atoms with Crippen molar-refractivity contribution < 1.29 is 13.6 Å². The van der Waals surface area contributed by atoms with Crippen molar-refractivity contribution in [1.82, 2.24) is 0 Å². The van der Waals surface area contributed by atoms with Crippen molar-refractivity contribution in [2.45, 2.75) is 12.8 Å². The first-order chi connectivity index (χ1) is 4.95. The molecule has 0 aromatic heterocycles. The van der Waals surface area contributed by atoms with Crippen LogP contribution in [0.5, 0.6) is 0 Å². The van der Waals surface area contributed by atoms with Gasteiger partial charge in [-0.25, -0.2) is 0 Å². The zero-order valence-electron chi connectivity index (χ0n) is 7.52. The molecule has 0 aliphatic carbocycles. The topological polar surface area (TPSA) is 26.3 Å². The molecule has 0 atom stereocenters. The predicted molar refractivity (Wildman–Crippen MR) is 31.4 cm³/mol. The maximum Gasteiger partial charge on any atom is 0.305 e. The molecule has 0 heterocycles. The van der Waals surface area contributed by atoms with Gasteiger partial charge in [-0.1, -0.05) is 6.08 Å². The van der Waals surface area contributed by atoms with Gasteiger partial charge in [0.2, 0.25) is 0 Å². The molecule has 0 aliphatic rings. The van der Waals surface area contributed by atoms with Gasteiger partial charge in [-0.3, -0.25) is 4.79 Å². The Balaban J connectivity index is 3.61. The second kappa shape index (κ2) is 4.37. The van der Waals surface area contributed by atoms with Gasteiger partial charge in [-0.15, -0.1) is 6.58 Å². The lowest BCUT2D eigenvalue weighted by molar-refractivity contribution is -0.140. The van der Waals surface area contributed by atoms with Gasteiger partial charge < -0.3 is 4.74 Å². The van der Waals surface area contributed by atoms with Crippen LogP contribution in [0, 0.1) is 0 Å². The monoisotopic (exact) mass is 117 g/mol. The molecule has 0 radical (unpaired) electrons. The SMILES string of the molecule is [2H]C([2H])([2H])OC(=O)CCC=C. The summed E-state index contributed by atoms with van der Waals surface area (Å²) in [4.78, 5) is 10.6. The van der Waals surface area contributed by atoms with Crippen molar-refractivity contribution in [1.29, 1.82) is 0 Å². The smallest absolute Gasteiger partial charge is 0.305 e. The van der Waals surface area contributed by atoms with Crippen molar-refractivity contribution >= 4 is 5.97 Å². The van der Waals surface area contributed by atoms with E-state index in [0.29, 0.717) is 6.42 Å². The van der Waals surface area contributed by atoms with Gasteiger partial charge in [0.05, 0.1) is 11.2 Å². The lowest BCUT2D eigenvalue weighted by atomic mass is 10.3. The van der Waals surface area contributed by atoms with E-state index in [1.807, 2.05) is 0 Å². The molecule has 0 fully saturated rings. The molecular formula is C6H10O2. The van der Waals surface area contributed by atoms with Gasteiger partial charge in [0, 0.05) is 6.42 Å². The van der Waals surface area contributed by atoms with Gasteiger partial charge >= 0.3 is 5.97 Å². The van der Waals surface area contributed by atoms with Gasteiger partial charge in [0.25, 0.3) is 0 Å². The summed E-state index contributed by atoms with van der Waals surface area (Å²) in [5.41, 5.74) is 0.